The summed E-state index contributed by atoms with van der Waals surface area (Å²) < 4.78 is 4.87. The second-order valence-corrected chi connectivity index (χ2v) is 5.40. The number of methoxy groups -OCH3 is 1. The fourth-order valence-corrected chi connectivity index (χ4v) is 2.91. The van der Waals surface area contributed by atoms with E-state index in [-0.39, 0.29) is 12.5 Å². The molecule has 2 saturated heterocycles. The number of piperazine rings is 1. The molecule has 0 bridgehead atoms. The van der Waals surface area contributed by atoms with Crippen LogP contribution < -0.4 is 5.32 Å². The molecule has 0 radical (unpaired) electrons. The molecule has 2 heterocycles. The molecule has 114 valence electrons. The van der Waals surface area contributed by atoms with Gasteiger partial charge in [0, 0.05) is 45.8 Å². The Bertz CT molecular complexity index is 364. The predicted octanol–water partition coefficient (Wildman–Crippen LogP) is -0.0343. The average molecular weight is 285 g/mol. The Morgan fingerprint density at radius 2 is 2.20 bits per heavy atom. The fraction of sp³-hybridized carbons (Fsp3) is 0.846. The summed E-state index contributed by atoms with van der Waals surface area (Å²) in [6, 6.07) is -0.721. The van der Waals surface area contributed by atoms with Gasteiger partial charge >= 0.3 is 12.0 Å². The van der Waals surface area contributed by atoms with Crippen LogP contribution >= 0.6 is 0 Å². The lowest BCUT2D eigenvalue weighted by molar-refractivity contribution is -0.139. The van der Waals surface area contributed by atoms with Gasteiger partial charge in [0.25, 0.3) is 0 Å². The fourth-order valence-electron chi connectivity index (χ4n) is 2.91. The van der Waals surface area contributed by atoms with Crippen molar-refractivity contribution in [3.63, 3.8) is 0 Å². The monoisotopic (exact) mass is 285 g/mol. The van der Waals surface area contributed by atoms with E-state index in [4.69, 9.17) is 9.84 Å². The number of carboxylic acids is 1. The number of nitrogens with one attached hydrogen (secondary N) is 1. The average Bonchev–Trinajstić information content (AvgIpc) is 2.90. The number of hydrogen-bond donors (Lipinski definition) is 2. The van der Waals surface area contributed by atoms with E-state index in [2.05, 4.69) is 10.2 Å². The lowest BCUT2D eigenvalue weighted by Gasteiger charge is -2.37. The van der Waals surface area contributed by atoms with E-state index < -0.39 is 12.0 Å². The molecule has 2 fully saturated rings. The number of ether oxygens (including phenoxy) is 1. The van der Waals surface area contributed by atoms with Crippen molar-refractivity contribution in [3.05, 3.63) is 0 Å². The Kier molecular flexibility index (Phi) is 5.19. The minimum Gasteiger partial charge on any atom is -0.480 e. The number of fused-ring (bicyclic) bond motifs is 1. The molecule has 0 saturated carbocycles. The molecule has 2 atom stereocenters. The quantitative estimate of drug-likeness (QED) is 0.741. The number of rotatable bonds is 5. The molecule has 0 aromatic rings. The molecular formula is C13H23N3O4. The maximum atomic E-state index is 12.2. The first-order valence-corrected chi connectivity index (χ1v) is 7.13. The highest BCUT2D eigenvalue weighted by Gasteiger charge is 2.33. The molecular weight excluding hydrogens is 262 g/mol. The van der Waals surface area contributed by atoms with Gasteiger partial charge in [-0.2, -0.15) is 0 Å². The second kappa shape index (κ2) is 6.90. The van der Waals surface area contributed by atoms with Crippen LogP contribution in [0.5, 0.6) is 0 Å². The van der Waals surface area contributed by atoms with Crippen molar-refractivity contribution in [2.45, 2.75) is 31.3 Å². The van der Waals surface area contributed by atoms with Gasteiger partial charge in [-0.15, -0.1) is 0 Å². The zero-order valence-corrected chi connectivity index (χ0v) is 11.9. The summed E-state index contributed by atoms with van der Waals surface area (Å²) >= 11 is 0. The van der Waals surface area contributed by atoms with Gasteiger partial charge in [0.15, 0.2) is 0 Å². The van der Waals surface area contributed by atoms with E-state index in [1.807, 2.05) is 0 Å². The minimum atomic E-state index is -1.02. The van der Waals surface area contributed by atoms with E-state index in [1.54, 1.807) is 4.90 Å². The number of urea groups is 1. The molecule has 7 heteroatoms. The van der Waals surface area contributed by atoms with Gasteiger partial charge in [-0.25, -0.2) is 9.59 Å². The molecule has 7 nitrogen and oxygen atoms in total. The third kappa shape index (κ3) is 3.61. The predicted molar refractivity (Wildman–Crippen MR) is 72.6 cm³/mol. The number of carboxylic acid groups (broad SMARTS) is 1. The van der Waals surface area contributed by atoms with Crippen LogP contribution in [0.3, 0.4) is 0 Å². The number of carbonyl (C=O) groups excluding carboxylic acids is 1. The Labute approximate surface area is 118 Å². The highest BCUT2D eigenvalue weighted by Crippen LogP contribution is 2.21. The van der Waals surface area contributed by atoms with Gasteiger partial charge in [0.2, 0.25) is 0 Å². The van der Waals surface area contributed by atoms with Gasteiger partial charge in [-0.3, -0.25) is 4.90 Å². The van der Waals surface area contributed by atoms with Gasteiger partial charge in [-0.05, 0) is 19.4 Å². The summed E-state index contributed by atoms with van der Waals surface area (Å²) in [5, 5.41) is 11.7. The normalized spacial score (nSPS) is 24.2. The van der Waals surface area contributed by atoms with Crippen LogP contribution in [0.15, 0.2) is 0 Å². The Balaban J connectivity index is 1.85. The lowest BCUT2D eigenvalue weighted by atomic mass is 10.1. The second-order valence-electron chi connectivity index (χ2n) is 5.40. The molecule has 2 N–H and O–H groups in total. The van der Waals surface area contributed by atoms with Crippen LogP contribution in [-0.4, -0.2) is 78.9 Å². The van der Waals surface area contributed by atoms with Crippen LogP contribution in [0.2, 0.25) is 0 Å². The van der Waals surface area contributed by atoms with Crippen molar-refractivity contribution in [2.75, 3.05) is 39.9 Å². The third-order valence-electron chi connectivity index (χ3n) is 4.08. The van der Waals surface area contributed by atoms with Crippen LogP contribution in [0.25, 0.3) is 0 Å². The van der Waals surface area contributed by atoms with Crippen LogP contribution in [0.1, 0.15) is 19.3 Å². The Morgan fingerprint density at radius 3 is 2.90 bits per heavy atom. The summed E-state index contributed by atoms with van der Waals surface area (Å²) in [5.74, 6) is -1.02. The van der Waals surface area contributed by atoms with Crippen molar-refractivity contribution < 1.29 is 19.4 Å². The molecule has 2 aliphatic heterocycles. The number of hydrogen-bond acceptors (Lipinski definition) is 4. The summed E-state index contributed by atoms with van der Waals surface area (Å²) in [4.78, 5) is 27.4. The largest absolute Gasteiger partial charge is 0.480 e. The number of aliphatic carboxylic acids is 1. The summed E-state index contributed by atoms with van der Waals surface area (Å²) in [6.45, 7) is 3.68. The molecule has 2 aliphatic rings. The SMILES string of the molecule is COCCC(NC(=O)N1CCN2CCCC2C1)C(=O)O. The maximum absolute atomic E-state index is 12.2. The molecule has 20 heavy (non-hydrogen) atoms. The molecule has 0 aliphatic carbocycles. The topological polar surface area (TPSA) is 82.1 Å². The highest BCUT2D eigenvalue weighted by molar-refractivity contribution is 5.82. The number of amides is 2. The van der Waals surface area contributed by atoms with E-state index in [0.717, 1.165) is 19.5 Å². The number of carbonyl (C=O) groups is 2. The summed E-state index contributed by atoms with van der Waals surface area (Å²) in [6.07, 6.45) is 2.59. The molecule has 2 rings (SSSR count). The lowest BCUT2D eigenvalue weighted by Crippen LogP contribution is -2.56. The van der Waals surface area contributed by atoms with Gasteiger partial charge in [-0.1, -0.05) is 0 Å². The minimum absolute atomic E-state index is 0.278. The Hall–Kier alpha value is -1.34. The molecule has 0 spiro atoms. The van der Waals surface area contributed by atoms with E-state index in [9.17, 15) is 9.59 Å². The first-order chi connectivity index (χ1) is 9.61. The third-order valence-corrected chi connectivity index (χ3v) is 4.08. The molecule has 2 unspecified atom stereocenters. The van der Waals surface area contributed by atoms with E-state index >= 15 is 0 Å². The first-order valence-electron chi connectivity index (χ1n) is 7.13. The molecule has 2 amide bonds. The Morgan fingerprint density at radius 1 is 1.40 bits per heavy atom. The van der Waals surface area contributed by atoms with Crippen molar-refractivity contribution in [1.29, 1.82) is 0 Å². The van der Waals surface area contributed by atoms with Crippen molar-refractivity contribution in [1.82, 2.24) is 15.1 Å². The maximum Gasteiger partial charge on any atom is 0.326 e. The zero-order chi connectivity index (χ0) is 14.5. The molecule has 0 aromatic carbocycles. The standard InChI is InChI=1S/C13H23N3O4/c1-20-8-4-11(12(17)18)14-13(19)16-7-6-15-5-2-3-10(15)9-16/h10-11H,2-9H2,1H3,(H,14,19)(H,17,18). The smallest absolute Gasteiger partial charge is 0.326 e. The highest BCUT2D eigenvalue weighted by atomic mass is 16.5. The number of nitrogens with zero attached hydrogens (tertiary/aromatic N) is 2. The van der Waals surface area contributed by atoms with Gasteiger partial charge in [0.05, 0.1) is 0 Å². The van der Waals surface area contributed by atoms with Crippen LogP contribution in [-0.2, 0) is 9.53 Å². The zero-order valence-electron chi connectivity index (χ0n) is 11.9. The first kappa shape index (κ1) is 15.1. The summed E-state index contributed by atoms with van der Waals surface area (Å²) in [5.41, 5.74) is 0. The van der Waals surface area contributed by atoms with E-state index in [1.165, 1.54) is 13.5 Å². The van der Waals surface area contributed by atoms with Crippen LogP contribution in [0.4, 0.5) is 4.79 Å². The van der Waals surface area contributed by atoms with Gasteiger partial charge in [0.1, 0.15) is 6.04 Å². The van der Waals surface area contributed by atoms with E-state index in [0.29, 0.717) is 25.7 Å². The van der Waals surface area contributed by atoms with Crippen molar-refractivity contribution in [3.8, 4) is 0 Å². The molecule has 0 aromatic heterocycles. The van der Waals surface area contributed by atoms with Crippen molar-refractivity contribution >= 4 is 12.0 Å². The summed E-state index contributed by atoms with van der Waals surface area (Å²) in [7, 11) is 1.51. The van der Waals surface area contributed by atoms with Crippen molar-refractivity contribution in [2.24, 2.45) is 0 Å². The van der Waals surface area contributed by atoms with Gasteiger partial charge < -0.3 is 20.1 Å². The van der Waals surface area contributed by atoms with Crippen LogP contribution in [0, 0.1) is 0 Å².